The van der Waals surface area contributed by atoms with Crippen LogP contribution < -0.4 is 15.7 Å². The summed E-state index contributed by atoms with van der Waals surface area (Å²) in [6.45, 7) is 1.17. The third kappa shape index (κ3) is 7.00. The Bertz CT molecular complexity index is 1880. The van der Waals surface area contributed by atoms with E-state index in [2.05, 4.69) is 20.3 Å². The number of aliphatic hydroxyl groups is 1. The van der Waals surface area contributed by atoms with Crippen LogP contribution in [0.5, 0.6) is 5.75 Å². The molecule has 0 spiro atoms. The molecule has 1 aromatic carbocycles. The molecule has 5 rings (SSSR count). The SMILES string of the molecule is O=c1[nH]c2cccc(OC[C@H](O)CNCC3CCN(S(=O)(=O)c4ccc(S(=O)(=O)c5ccc(C(F)(F)F)cn5)s4)CC3)c2[nH]1. The van der Waals surface area contributed by atoms with Crippen molar-refractivity contribution in [3.05, 3.63) is 64.7 Å². The first-order valence-corrected chi connectivity index (χ1v) is 17.1. The minimum atomic E-state index is -4.68. The molecule has 4 heterocycles. The van der Waals surface area contributed by atoms with E-state index in [-0.39, 0.29) is 46.3 Å². The van der Waals surface area contributed by atoms with E-state index in [9.17, 15) is 39.9 Å². The molecule has 0 amide bonds. The highest BCUT2D eigenvalue weighted by atomic mass is 32.3. The summed E-state index contributed by atoms with van der Waals surface area (Å²) in [5.74, 6) is 0.568. The van der Waals surface area contributed by atoms with Crippen LogP contribution in [0.3, 0.4) is 0 Å². The molecule has 1 atom stereocenters. The molecule has 1 aliphatic heterocycles. The van der Waals surface area contributed by atoms with Crippen molar-refractivity contribution < 1.29 is 39.9 Å². The van der Waals surface area contributed by atoms with Crippen molar-refractivity contribution in [3.63, 3.8) is 0 Å². The number of piperidine rings is 1. The van der Waals surface area contributed by atoms with Crippen LogP contribution in [0.4, 0.5) is 13.2 Å². The third-order valence-corrected chi connectivity index (χ3v) is 12.7. The fourth-order valence-electron chi connectivity index (χ4n) is 4.73. The predicted molar refractivity (Wildman–Crippen MR) is 154 cm³/mol. The van der Waals surface area contributed by atoms with Crippen LogP contribution >= 0.6 is 11.3 Å². The molecule has 0 saturated carbocycles. The normalized spacial score (nSPS) is 16.4. The summed E-state index contributed by atoms with van der Waals surface area (Å²) in [4.78, 5) is 20.2. The lowest BCUT2D eigenvalue weighted by atomic mass is 9.98. The standard InChI is InChI=1S/C26H28F3N5O7S3/c27-26(28,29)17-4-5-21(31-13-17)43(37,38)22-6-7-23(42-22)44(39,40)34-10-8-16(9-11-34)12-30-14-18(35)15-41-20-3-1-2-19-24(20)33-25(36)32-19/h1-7,13,16,18,30,35H,8-12,14-15H2,(H2,32,33,36)/t18-/m1/s1. The van der Waals surface area contributed by atoms with Gasteiger partial charge in [-0.1, -0.05) is 6.07 Å². The number of H-pyrrole nitrogens is 2. The van der Waals surface area contributed by atoms with Gasteiger partial charge >= 0.3 is 11.9 Å². The van der Waals surface area contributed by atoms with Gasteiger partial charge in [-0.2, -0.15) is 17.5 Å². The van der Waals surface area contributed by atoms with E-state index in [0.717, 1.165) is 12.1 Å². The lowest BCUT2D eigenvalue weighted by Gasteiger charge is -2.31. The minimum absolute atomic E-state index is 0.0105. The van der Waals surface area contributed by atoms with Crippen molar-refractivity contribution in [1.29, 1.82) is 0 Å². The molecule has 1 fully saturated rings. The number of rotatable bonds is 11. The maximum Gasteiger partial charge on any atom is 0.417 e. The average molecular weight is 676 g/mol. The molecule has 0 radical (unpaired) electrons. The molecule has 44 heavy (non-hydrogen) atoms. The van der Waals surface area contributed by atoms with E-state index >= 15 is 0 Å². The number of aromatic amines is 2. The van der Waals surface area contributed by atoms with Crippen molar-refractivity contribution >= 4 is 42.2 Å². The number of sulfone groups is 1. The number of halogens is 3. The van der Waals surface area contributed by atoms with Crippen molar-refractivity contribution in [2.45, 2.75) is 38.6 Å². The lowest BCUT2D eigenvalue weighted by Crippen LogP contribution is -2.41. The van der Waals surface area contributed by atoms with Gasteiger partial charge < -0.3 is 25.1 Å². The van der Waals surface area contributed by atoms with Crippen molar-refractivity contribution in [1.82, 2.24) is 24.6 Å². The van der Waals surface area contributed by atoms with E-state index in [1.54, 1.807) is 18.2 Å². The molecular weight excluding hydrogens is 648 g/mol. The molecule has 12 nitrogen and oxygen atoms in total. The van der Waals surface area contributed by atoms with Gasteiger partial charge in [-0.05, 0) is 61.7 Å². The van der Waals surface area contributed by atoms with Gasteiger partial charge in [0.25, 0.3) is 10.0 Å². The van der Waals surface area contributed by atoms with E-state index < -0.39 is 42.7 Å². The minimum Gasteiger partial charge on any atom is -0.489 e. The van der Waals surface area contributed by atoms with E-state index in [1.807, 2.05) is 0 Å². The number of benzene rings is 1. The van der Waals surface area contributed by atoms with Gasteiger partial charge in [-0.15, -0.1) is 11.3 Å². The number of para-hydroxylation sites is 1. The highest BCUT2D eigenvalue weighted by molar-refractivity contribution is 7.95. The Morgan fingerprint density at radius 1 is 1.07 bits per heavy atom. The van der Waals surface area contributed by atoms with Gasteiger partial charge in [-0.25, -0.2) is 26.6 Å². The fraction of sp³-hybridized carbons (Fsp3) is 0.385. The van der Waals surface area contributed by atoms with Crippen LogP contribution in [0.15, 0.2) is 66.9 Å². The van der Waals surface area contributed by atoms with Crippen LogP contribution in [0.1, 0.15) is 18.4 Å². The largest absolute Gasteiger partial charge is 0.489 e. The van der Waals surface area contributed by atoms with Gasteiger partial charge in [0, 0.05) is 25.8 Å². The summed E-state index contributed by atoms with van der Waals surface area (Å²) in [6, 6.07) is 8.75. The summed E-state index contributed by atoms with van der Waals surface area (Å²) in [7, 11) is -8.32. The summed E-state index contributed by atoms with van der Waals surface area (Å²) in [5.41, 5.74) is -0.361. The molecule has 18 heteroatoms. The van der Waals surface area contributed by atoms with Crippen LogP contribution in [0, 0.1) is 5.92 Å². The Kier molecular flexibility index (Phi) is 9.20. The van der Waals surface area contributed by atoms with E-state index in [1.165, 1.54) is 10.4 Å². The first-order valence-electron chi connectivity index (χ1n) is 13.4. The molecule has 1 saturated heterocycles. The average Bonchev–Trinajstić information content (AvgIpc) is 3.64. The molecule has 4 aromatic rings. The first-order chi connectivity index (χ1) is 20.7. The summed E-state index contributed by atoms with van der Waals surface area (Å²) < 4.78 is 97.0. The number of hydrogen-bond acceptors (Lipinski definition) is 10. The third-order valence-electron chi connectivity index (χ3n) is 7.09. The molecule has 0 aliphatic carbocycles. The second-order valence-corrected chi connectivity index (χ2v) is 15.6. The number of nitrogens with zero attached hydrogens (tertiary/aromatic N) is 2. The smallest absolute Gasteiger partial charge is 0.417 e. The monoisotopic (exact) mass is 675 g/mol. The number of aromatic nitrogens is 3. The van der Waals surface area contributed by atoms with Gasteiger partial charge in [0.05, 0.1) is 11.1 Å². The van der Waals surface area contributed by atoms with Crippen LogP contribution in [0.2, 0.25) is 0 Å². The number of fused-ring (bicyclic) bond motifs is 1. The number of alkyl halides is 3. The zero-order chi connectivity index (χ0) is 31.7. The van der Waals surface area contributed by atoms with Gasteiger partial charge in [0.2, 0.25) is 9.84 Å². The van der Waals surface area contributed by atoms with Crippen molar-refractivity contribution in [2.24, 2.45) is 5.92 Å². The maximum atomic E-state index is 13.2. The summed E-state index contributed by atoms with van der Waals surface area (Å²) >= 11 is 0.517. The van der Waals surface area contributed by atoms with Crippen LogP contribution in [0.25, 0.3) is 11.0 Å². The number of sulfonamides is 1. The molecule has 1 aliphatic rings. The molecule has 4 N–H and O–H groups in total. The predicted octanol–water partition coefficient (Wildman–Crippen LogP) is 2.59. The lowest BCUT2D eigenvalue weighted by molar-refractivity contribution is -0.137. The number of ether oxygens (including phenoxy) is 1. The highest BCUT2D eigenvalue weighted by Crippen LogP contribution is 2.34. The molecule has 3 aromatic heterocycles. The Hall–Kier alpha value is -3.29. The zero-order valence-electron chi connectivity index (χ0n) is 22.9. The van der Waals surface area contributed by atoms with Crippen LogP contribution in [-0.2, 0) is 26.0 Å². The van der Waals surface area contributed by atoms with Gasteiger partial charge in [0.1, 0.15) is 32.4 Å². The number of thiophene rings is 1. The Morgan fingerprint density at radius 2 is 1.80 bits per heavy atom. The zero-order valence-corrected chi connectivity index (χ0v) is 25.3. The van der Waals surface area contributed by atoms with E-state index in [4.69, 9.17) is 4.74 Å². The molecule has 0 bridgehead atoms. The number of hydrogen-bond donors (Lipinski definition) is 4. The summed E-state index contributed by atoms with van der Waals surface area (Å²) in [5, 5.41) is 12.9. The first kappa shape index (κ1) is 32.1. The quantitative estimate of drug-likeness (QED) is 0.186. The van der Waals surface area contributed by atoms with Crippen molar-refractivity contribution in [3.8, 4) is 5.75 Å². The summed E-state index contributed by atoms with van der Waals surface area (Å²) in [6.07, 6.45) is -4.02. The maximum absolute atomic E-state index is 13.2. The number of pyridine rings is 1. The Morgan fingerprint density at radius 3 is 2.48 bits per heavy atom. The number of imidazole rings is 1. The number of nitrogens with one attached hydrogen (secondary N) is 3. The van der Waals surface area contributed by atoms with Gasteiger partial charge in [-0.3, -0.25) is 0 Å². The Labute approximate surface area is 253 Å². The Balaban J connectivity index is 1.10. The molecule has 238 valence electrons. The molecular formula is C26H28F3N5O7S3. The molecule has 0 unspecified atom stereocenters. The number of aliphatic hydroxyl groups excluding tert-OH is 1. The fourth-order valence-corrected chi connectivity index (χ4v) is 9.41. The van der Waals surface area contributed by atoms with Crippen LogP contribution in [-0.4, -0.2) is 80.1 Å². The van der Waals surface area contributed by atoms with Crippen molar-refractivity contribution in [2.75, 3.05) is 32.8 Å². The second-order valence-electron chi connectivity index (χ2n) is 10.2. The van der Waals surface area contributed by atoms with Gasteiger partial charge in [0.15, 0.2) is 5.03 Å². The topological polar surface area (TPSA) is 175 Å². The highest BCUT2D eigenvalue weighted by Gasteiger charge is 2.34. The second kappa shape index (κ2) is 12.6. The van der Waals surface area contributed by atoms with E-state index in [0.29, 0.717) is 59.8 Å².